The van der Waals surface area contributed by atoms with Crippen LogP contribution in [0.3, 0.4) is 0 Å². The molecule has 0 amide bonds. The largest absolute Gasteiger partial charge is 0.378 e. The van der Waals surface area contributed by atoms with Crippen LogP contribution in [0.4, 0.5) is 11.4 Å². The number of rotatable bonds is 6. The van der Waals surface area contributed by atoms with Crippen LogP contribution in [-0.2, 0) is 19.5 Å². The fourth-order valence-corrected chi connectivity index (χ4v) is 5.73. The van der Waals surface area contributed by atoms with E-state index in [2.05, 4.69) is 59.9 Å². The zero-order valence-electron chi connectivity index (χ0n) is 20.0. The summed E-state index contributed by atoms with van der Waals surface area (Å²) in [6, 6.07) is 26.3. The molecule has 1 aliphatic rings. The molecular formula is C29H25BrClN5S. The van der Waals surface area contributed by atoms with Crippen molar-refractivity contribution in [2.45, 2.75) is 32.4 Å². The maximum atomic E-state index is 6.07. The Kier molecular flexibility index (Phi) is 6.76. The number of hydrogen-bond donors (Lipinski definition) is 2. The molecule has 0 saturated heterocycles. The second-order valence-corrected chi connectivity index (χ2v) is 10.9. The fourth-order valence-electron chi connectivity index (χ4n) is 5.03. The van der Waals surface area contributed by atoms with Crippen molar-refractivity contribution < 1.29 is 0 Å². The van der Waals surface area contributed by atoms with Crippen LogP contribution < -0.4 is 10.6 Å². The first-order valence-corrected chi connectivity index (χ1v) is 13.9. The summed E-state index contributed by atoms with van der Waals surface area (Å²) in [7, 11) is 0. The van der Waals surface area contributed by atoms with Crippen LogP contribution in [-0.4, -0.2) is 19.2 Å². The summed E-state index contributed by atoms with van der Waals surface area (Å²) in [6.07, 6.45) is 3.21. The number of hydrogen-bond acceptors (Lipinski definition) is 3. The lowest BCUT2D eigenvalue weighted by Crippen LogP contribution is -2.15. The second-order valence-electron chi connectivity index (χ2n) is 9.15. The van der Waals surface area contributed by atoms with Gasteiger partial charge < -0.3 is 15.2 Å². The quantitative estimate of drug-likeness (QED) is 0.197. The molecule has 1 aliphatic heterocycles. The summed E-state index contributed by atoms with van der Waals surface area (Å²) >= 11 is 15.7. The highest BCUT2D eigenvalue weighted by Gasteiger charge is 2.29. The molecule has 0 spiro atoms. The van der Waals surface area contributed by atoms with Gasteiger partial charge in [0.05, 0.1) is 6.54 Å². The van der Waals surface area contributed by atoms with Crippen molar-refractivity contribution in [2.24, 2.45) is 0 Å². The third kappa shape index (κ3) is 4.79. The van der Waals surface area contributed by atoms with Crippen LogP contribution in [0, 0.1) is 0 Å². The minimum atomic E-state index is 0.606. The standard InChI is InChI=1S/C29H25BrClN5S/c30-20-11-9-19(10-12-20)26-24-8-4-5-17-35-25(18-32-22-15-13-21(31)14-16-22)34-36(29(24)35)27(26)28(37)33-23-6-2-1-3-7-23/h1-3,6-7,9-16,32H,4-5,8,17-18H2,(H,33,37). The van der Waals surface area contributed by atoms with E-state index in [1.54, 1.807) is 0 Å². The van der Waals surface area contributed by atoms with Gasteiger partial charge in [0, 0.05) is 38.5 Å². The number of para-hydroxylation sites is 1. The van der Waals surface area contributed by atoms with E-state index in [4.69, 9.17) is 28.9 Å². The molecular weight excluding hydrogens is 566 g/mol. The van der Waals surface area contributed by atoms with E-state index in [9.17, 15) is 0 Å². The molecule has 0 atom stereocenters. The zero-order valence-corrected chi connectivity index (χ0v) is 23.2. The van der Waals surface area contributed by atoms with Gasteiger partial charge in [0.25, 0.3) is 0 Å². The molecule has 5 aromatic rings. The number of nitrogens with zero attached hydrogens (tertiary/aromatic N) is 3. The molecule has 0 unspecified atom stereocenters. The molecule has 186 valence electrons. The molecule has 0 radical (unpaired) electrons. The first-order valence-electron chi connectivity index (χ1n) is 12.3. The lowest BCUT2D eigenvalue weighted by atomic mass is 9.98. The third-order valence-corrected chi connectivity index (χ3v) is 7.81. The van der Waals surface area contributed by atoms with Gasteiger partial charge >= 0.3 is 0 Å². The molecule has 2 aromatic heterocycles. The highest BCUT2D eigenvalue weighted by Crippen LogP contribution is 2.37. The Bertz CT molecular complexity index is 1570. The molecule has 0 aliphatic carbocycles. The summed E-state index contributed by atoms with van der Waals surface area (Å²) in [5, 5.41) is 12.8. The molecule has 3 heterocycles. The molecule has 0 saturated carbocycles. The molecule has 5 nitrogen and oxygen atoms in total. The van der Waals surface area contributed by atoms with E-state index in [0.717, 1.165) is 75.0 Å². The Hall–Kier alpha value is -3.13. The lowest BCUT2D eigenvalue weighted by Gasteiger charge is -2.12. The van der Waals surface area contributed by atoms with Crippen LogP contribution in [0.1, 0.15) is 29.9 Å². The van der Waals surface area contributed by atoms with E-state index in [-0.39, 0.29) is 0 Å². The topological polar surface area (TPSA) is 46.3 Å². The van der Waals surface area contributed by atoms with Gasteiger partial charge in [-0.25, -0.2) is 4.52 Å². The summed E-state index contributed by atoms with van der Waals surface area (Å²) in [5.41, 5.74) is 7.64. The van der Waals surface area contributed by atoms with E-state index < -0.39 is 0 Å². The molecule has 0 bridgehead atoms. The number of halogens is 2. The molecule has 2 N–H and O–H groups in total. The molecule has 8 heteroatoms. The number of nitrogens with one attached hydrogen (secondary N) is 2. The Balaban J connectivity index is 1.49. The van der Waals surface area contributed by atoms with E-state index in [1.807, 2.05) is 54.6 Å². The van der Waals surface area contributed by atoms with Crippen molar-refractivity contribution in [1.29, 1.82) is 0 Å². The number of aromatic nitrogens is 3. The van der Waals surface area contributed by atoms with Gasteiger partial charge in [-0.15, -0.1) is 0 Å². The Morgan fingerprint density at radius 2 is 1.70 bits per heavy atom. The van der Waals surface area contributed by atoms with Crippen molar-refractivity contribution in [2.75, 3.05) is 10.6 Å². The molecule has 37 heavy (non-hydrogen) atoms. The van der Waals surface area contributed by atoms with Crippen LogP contribution in [0.25, 0.3) is 16.8 Å². The lowest BCUT2D eigenvalue weighted by molar-refractivity contribution is 0.619. The van der Waals surface area contributed by atoms with E-state index >= 15 is 0 Å². The Labute approximate surface area is 234 Å². The van der Waals surface area contributed by atoms with Crippen molar-refractivity contribution in [3.63, 3.8) is 0 Å². The maximum Gasteiger partial charge on any atom is 0.150 e. The van der Waals surface area contributed by atoms with Crippen molar-refractivity contribution in [3.8, 4) is 11.1 Å². The van der Waals surface area contributed by atoms with Gasteiger partial charge in [0.2, 0.25) is 0 Å². The summed E-state index contributed by atoms with van der Waals surface area (Å²) in [5.74, 6) is 0.985. The average molecular weight is 591 g/mol. The highest BCUT2D eigenvalue weighted by atomic mass is 79.9. The van der Waals surface area contributed by atoms with Crippen LogP contribution in [0.2, 0.25) is 5.02 Å². The number of aryl methyl sites for hydroxylation is 2. The third-order valence-electron chi connectivity index (χ3n) is 6.74. The van der Waals surface area contributed by atoms with Gasteiger partial charge in [-0.3, -0.25) is 0 Å². The Morgan fingerprint density at radius 3 is 2.46 bits per heavy atom. The average Bonchev–Trinajstić information content (AvgIpc) is 3.31. The predicted molar refractivity (Wildman–Crippen MR) is 160 cm³/mol. The van der Waals surface area contributed by atoms with E-state index in [1.165, 1.54) is 5.56 Å². The predicted octanol–water partition coefficient (Wildman–Crippen LogP) is 7.95. The van der Waals surface area contributed by atoms with E-state index in [0.29, 0.717) is 11.5 Å². The second kappa shape index (κ2) is 10.3. The smallest absolute Gasteiger partial charge is 0.150 e. The molecule has 0 fully saturated rings. The first-order chi connectivity index (χ1) is 18.1. The number of benzene rings is 3. The summed E-state index contributed by atoms with van der Waals surface area (Å²) in [4.78, 5) is 0.660. The molecule has 3 aromatic carbocycles. The van der Waals surface area contributed by atoms with Gasteiger partial charge in [-0.05, 0) is 73.4 Å². The van der Waals surface area contributed by atoms with Gasteiger partial charge in [-0.2, -0.15) is 5.10 Å². The highest BCUT2D eigenvalue weighted by molar-refractivity contribution is 9.10. The van der Waals surface area contributed by atoms with Crippen molar-refractivity contribution >= 4 is 61.8 Å². The van der Waals surface area contributed by atoms with Gasteiger partial charge in [0.1, 0.15) is 16.3 Å². The van der Waals surface area contributed by atoms with Crippen LogP contribution >= 0.6 is 39.7 Å². The van der Waals surface area contributed by atoms with Crippen molar-refractivity contribution in [3.05, 3.63) is 105 Å². The SMILES string of the molecule is S=C(Nc1ccccc1)c1c(-c2ccc(Br)cc2)c2c3n(c(CNc4ccc(Cl)cc4)nn13)CCCC2. The summed E-state index contributed by atoms with van der Waals surface area (Å²) < 4.78 is 5.48. The van der Waals surface area contributed by atoms with Crippen molar-refractivity contribution in [1.82, 2.24) is 14.2 Å². The number of thiocarbonyl (C=S) groups is 1. The van der Waals surface area contributed by atoms with Crippen LogP contribution in [0.15, 0.2) is 83.3 Å². The van der Waals surface area contributed by atoms with Gasteiger partial charge in [0.15, 0.2) is 5.82 Å². The first kappa shape index (κ1) is 24.2. The minimum Gasteiger partial charge on any atom is -0.378 e. The monoisotopic (exact) mass is 589 g/mol. The number of anilines is 2. The maximum absolute atomic E-state index is 6.07. The van der Waals surface area contributed by atoms with Gasteiger partial charge in [-0.1, -0.05) is 70.1 Å². The summed E-state index contributed by atoms with van der Waals surface area (Å²) in [6.45, 7) is 1.53. The zero-order chi connectivity index (χ0) is 25.4. The normalized spacial score (nSPS) is 12.9. The molecule has 6 rings (SSSR count). The fraction of sp³-hybridized carbons (Fsp3) is 0.172. The minimum absolute atomic E-state index is 0.606. The Morgan fingerprint density at radius 1 is 0.946 bits per heavy atom. The van der Waals surface area contributed by atoms with Crippen LogP contribution in [0.5, 0.6) is 0 Å².